The lowest BCUT2D eigenvalue weighted by Gasteiger charge is -2.21. The molecule has 1 aromatic carbocycles. The fourth-order valence-electron chi connectivity index (χ4n) is 1.86. The predicted octanol–water partition coefficient (Wildman–Crippen LogP) is 3.02. The van der Waals surface area contributed by atoms with Crippen molar-refractivity contribution in [3.05, 3.63) is 36.0 Å². The maximum atomic E-state index is 5.79. The van der Waals surface area contributed by atoms with Crippen LogP contribution >= 0.6 is 0 Å². The molecule has 0 saturated heterocycles. The first-order valence-electron chi connectivity index (χ1n) is 6.42. The van der Waals surface area contributed by atoms with Gasteiger partial charge < -0.3 is 15.0 Å². The molecule has 1 aromatic heterocycles. The Morgan fingerprint density at radius 2 is 1.89 bits per heavy atom. The van der Waals surface area contributed by atoms with Crippen molar-refractivity contribution in [2.75, 3.05) is 6.54 Å². The SMILES string of the molecule is CC(C)(C)Oc1ccc(-c2oncc2CCN)cc1. The van der Waals surface area contributed by atoms with Crippen molar-refractivity contribution >= 4 is 0 Å². The van der Waals surface area contributed by atoms with E-state index in [0.717, 1.165) is 29.1 Å². The third kappa shape index (κ3) is 3.58. The highest BCUT2D eigenvalue weighted by atomic mass is 16.5. The lowest BCUT2D eigenvalue weighted by atomic mass is 10.1. The van der Waals surface area contributed by atoms with Crippen molar-refractivity contribution in [1.29, 1.82) is 0 Å². The first-order valence-corrected chi connectivity index (χ1v) is 6.42. The number of aromatic nitrogens is 1. The van der Waals surface area contributed by atoms with E-state index < -0.39 is 0 Å². The van der Waals surface area contributed by atoms with Gasteiger partial charge in [-0.25, -0.2) is 0 Å². The van der Waals surface area contributed by atoms with Crippen LogP contribution in [0.15, 0.2) is 35.0 Å². The van der Waals surface area contributed by atoms with E-state index in [4.69, 9.17) is 15.0 Å². The monoisotopic (exact) mass is 260 g/mol. The molecule has 0 aliphatic rings. The minimum atomic E-state index is -0.196. The van der Waals surface area contributed by atoms with Crippen molar-refractivity contribution < 1.29 is 9.26 Å². The zero-order valence-electron chi connectivity index (χ0n) is 11.6. The van der Waals surface area contributed by atoms with E-state index in [9.17, 15) is 0 Å². The van der Waals surface area contributed by atoms with Crippen LogP contribution in [0, 0.1) is 0 Å². The molecule has 2 N–H and O–H groups in total. The Bertz CT molecular complexity index is 524. The number of nitrogens with two attached hydrogens (primary N) is 1. The number of benzene rings is 1. The lowest BCUT2D eigenvalue weighted by molar-refractivity contribution is 0.131. The summed E-state index contributed by atoms with van der Waals surface area (Å²) in [5.41, 5.74) is 7.40. The van der Waals surface area contributed by atoms with E-state index in [2.05, 4.69) is 5.16 Å². The summed E-state index contributed by atoms with van der Waals surface area (Å²) >= 11 is 0. The maximum Gasteiger partial charge on any atom is 0.170 e. The standard InChI is InChI=1S/C15H20N2O2/c1-15(2,3)18-13-6-4-11(5-7-13)14-12(8-9-16)10-17-19-14/h4-7,10H,8-9,16H2,1-3H3. The van der Waals surface area contributed by atoms with E-state index in [1.807, 2.05) is 45.0 Å². The topological polar surface area (TPSA) is 61.3 Å². The normalized spacial score (nSPS) is 11.6. The summed E-state index contributed by atoms with van der Waals surface area (Å²) in [6.07, 6.45) is 2.49. The number of nitrogens with zero attached hydrogens (tertiary/aromatic N) is 1. The van der Waals surface area contributed by atoms with Crippen LogP contribution in [0.5, 0.6) is 5.75 Å². The second-order valence-corrected chi connectivity index (χ2v) is 5.46. The van der Waals surface area contributed by atoms with Crippen molar-refractivity contribution in [1.82, 2.24) is 5.16 Å². The average Bonchev–Trinajstić information content (AvgIpc) is 2.77. The molecule has 2 aromatic rings. The van der Waals surface area contributed by atoms with E-state index in [0.29, 0.717) is 6.54 Å². The lowest BCUT2D eigenvalue weighted by Crippen LogP contribution is -2.22. The minimum Gasteiger partial charge on any atom is -0.488 e. The van der Waals surface area contributed by atoms with Crippen molar-refractivity contribution in [3.63, 3.8) is 0 Å². The molecular formula is C15H20N2O2. The summed E-state index contributed by atoms with van der Waals surface area (Å²) in [6.45, 7) is 6.66. The third-order valence-electron chi connectivity index (χ3n) is 2.60. The second kappa shape index (κ2) is 5.45. The van der Waals surface area contributed by atoms with E-state index >= 15 is 0 Å². The molecule has 102 valence electrons. The van der Waals surface area contributed by atoms with Gasteiger partial charge in [0.15, 0.2) is 5.76 Å². The molecule has 4 nitrogen and oxygen atoms in total. The third-order valence-corrected chi connectivity index (χ3v) is 2.60. The van der Waals surface area contributed by atoms with Crippen LogP contribution in [0.4, 0.5) is 0 Å². The molecule has 0 amide bonds. The van der Waals surface area contributed by atoms with E-state index in [-0.39, 0.29) is 5.60 Å². The summed E-state index contributed by atoms with van der Waals surface area (Å²) in [6, 6.07) is 7.83. The van der Waals surface area contributed by atoms with Gasteiger partial charge in [0, 0.05) is 11.1 Å². The zero-order valence-corrected chi connectivity index (χ0v) is 11.6. The molecule has 0 aliphatic carbocycles. The van der Waals surface area contributed by atoms with E-state index in [1.54, 1.807) is 6.20 Å². The van der Waals surface area contributed by atoms with Gasteiger partial charge in [-0.3, -0.25) is 0 Å². The van der Waals surface area contributed by atoms with Gasteiger partial charge in [0.25, 0.3) is 0 Å². The number of hydrogen-bond acceptors (Lipinski definition) is 4. The van der Waals surface area contributed by atoms with Gasteiger partial charge in [0.1, 0.15) is 11.4 Å². The molecule has 0 unspecified atom stereocenters. The Kier molecular flexibility index (Phi) is 3.90. The van der Waals surface area contributed by atoms with Gasteiger partial charge >= 0.3 is 0 Å². The first kappa shape index (κ1) is 13.6. The fraction of sp³-hybridized carbons (Fsp3) is 0.400. The maximum absolute atomic E-state index is 5.79. The molecule has 0 saturated carbocycles. The van der Waals surface area contributed by atoms with E-state index in [1.165, 1.54) is 0 Å². The molecule has 19 heavy (non-hydrogen) atoms. The number of rotatable bonds is 4. The Morgan fingerprint density at radius 3 is 2.47 bits per heavy atom. The van der Waals surface area contributed by atoms with Crippen LogP contribution in [0.1, 0.15) is 26.3 Å². The Balaban J connectivity index is 2.20. The summed E-state index contributed by atoms with van der Waals surface area (Å²) in [5.74, 6) is 1.63. The summed E-state index contributed by atoms with van der Waals surface area (Å²) in [5, 5.41) is 3.84. The van der Waals surface area contributed by atoms with Gasteiger partial charge in [0.05, 0.1) is 6.20 Å². The molecule has 0 spiro atoms. The Morgan fingerprint density at radius 1 is 1.21 bits per heavy atom. The van der Waals surface area contributed by atoms with Gasteiger partial charge in [-0.1, -0.05) is 5.16 Å². The fourth-order valence-corrected chi connectivity index (χ4v) is 1.86. The second-order valence-electron chi connectivity index (χ2n) is 5.46. The molecule has 0 fully saturated rings. The highest BCUT2D eigenvalue weighted by Gasteiger charge is 2.13. The number of hydrogen-bond donors (Lipinski definition) is 1. The minimum absolute atomic E-state index is 0.196. The van der Waals surface area contributed by atoms with Crippen molar-refractivity contribution in [2.24, 2.45) is 5.73 Å². The Labute approximate surface area is 113 Å². The van der Waals surface area contributed by atoms with Crippen LogP contribution in [-0.4, -0.2) is 17.3 Å². The molecule has 0 atom stereocenters. The molecule has 2 rings (SSSR count). The largest absolute Gasteiger partial charge is 0.488 e. The molecule has 0 bridgehead atoms. The van der Waals surface area contributed by atoms with Gasteiger partial charge in [-0.2, -0.15) is 0 Å². The number of ether oxygens (including phenoxy) is 1. The van der Waals surface area contributed by atoms with Crippen LogP contribution in [0.25, 0.3) is 11.3 Å². The molecule has 4 heteroatoms. The van der Waals surface area contributed by atoms with Crippen LogP contribution < -0.4 is 10.5 Å². The summed E-state index contributed by atoms with van der Waals surface area (Å²) in [4.78, 5) is 0. The quantitative estimate of drug-likeness (QED) is 0.918. The zero-order chi connectivity index (χ0) is 13.9. The molecule has 1 heterocycles. The first-order chi connectivity index (χ1) is 8.99. The average molecular weight is 260 g/mol. The molecular weight excluding hydrogens is 240 g/mol. The highest BCUT2D eigenvalue weighted by molar-refractivity contribution is 5.61. The van der Waals surface area contributed by atoms with Gasteiger partial charge in [-0.05, 0) is 58.0 Å². The Hall–Kier alpha value is -1.81. The predicted molar refractivity (Wildman–Crippen MR) is 75.1 cm³/mol. The summed E-state index contributed by atoms with van der Waals surface area (Å²) in [7, 11) is 0. The van der Waals surface area contributed by atoms with Gasteiger partial charge in [0.2, 0.25) is 0 Å². The van der Waals surface area contributed by atoms with Crippen molar-refractivity contribution in [2.45, 2.75) is 32.8 Å². The van der Waals surface area contributed by atoms with Crippen LogP contribution in [0.3, 0.4) is 0 Å². The van der Waals surface area contributed by atoms with Crippen LogP contribution in [-0.2, 0) is 6.42 Å². The highest BCUT2D eigenvalue weighted by Crippen LogP contribution is 2.27. The smallest absolute Gasteiger partial charge is 0.170 e. The van der Waals surface area contributed by atoms with Crippen molar-refractivity contribution in [3.8, 4) is 17.1 Å². The molecule has 0 radical (unpaired) electrons. The summed E-state index contributed by atoms with van der Waals surface area (Å²) < 4.78 is 11.1. The van der Waals surface area contributed by atoms with Crippen LogP contribution in [0.2, 0.25) is 0 Å². The molecule has 0 aliphatic heterocycles. The van der Waals surface area contributed by atoms with Gasteiger partial charge in [-0.15, -0.1) is 0 Å².